The summed E-state index contributed by atoms with van der Waals surface area (Å²) >= 11 is 0. The van der Waals surface area contributed by atoms with Gasteiger partial charge in [-0.05, 0) is 29.8 Å². The Hall–Kier alpha value is -3.44. The Kier molecular flexibility index (Phi) is 5.39. The average Bonchev–Trinajstić information content (AvgIpc) is 2.99. The smallest absolute Gasteiger partial charge is 0.369 e. The Bertz CT molecular complexity index is 1280. The standard InChI is InChI=1S/C21H16F3N3O4S/c22-21(23,24)15-7-1-2-9-17(15)32(30,31)26-16-8-3-6-14-18(16)20(29)27(19(14)28)12-13-5-4-10-25-11-13/h1-11,19,26,28H,12H2. The largest absolute Gasteiger partial charge is 0.417 e. The van der Waals surface area contributed by atoms with E-state index in [0.29, 0.717) is 11.6 Å². The molecule has 0 saturated carbocycles. The molecule has 1 aliphatic rings. The number of aliphatic hydroxyl groups is 1. The molecule has 2 aromatic carbocycles. The second-order valence-electron chi connectivity index (χ2n) is 7.04. The predicted octanol–water partition coefficient (Wildman–Crippen LogP) is 3.55. The van der Waals surface area contributed by atoms with Crippen molar-refractivity contribution in [3.8, 4) is 0 Å². The molecule has 1 atom stereocenters. The van der Waals surface area contributed by atoms with Crippen molar-refractivity contribution in [3.63, 3.8) is 0 Å². The molecule has 1 aromatic heterocycles. The van der Waals surface area contributed by atoms with Gasteiger partial charge in [-0.25, -0.2) is 8.42 Å². The molecule has 32 heavy (non-hydrogen) atoms. The molecule has 0 saturated heterocycles. The van der Waals surface area contributed by atoms with E-state index in [2.05, 4.69) is 9.71 Å². The van der Waals surface area contributed by atoms with Gasteiger partial charge >= 0.3 is 6.18 Å². The number of aliphatic hydroxyl groups excluding tert-OH is 1. The van der Waals surface area contributed by atoms with Crippen LogP contribution in [0, 0.1) is 0 Å². The molecule has 0 spiro atoms. The van der Waals surface area contributed by atoms with E-state index >= 15 is 0 Å². The molecule has 0 aliphatic carbocycles. The number of fused-ring (bicyclic) bond motifs is 1. The predicted molar refractivity (Wildman–Crippen MR) is 108 cm³/mol. The van der Waals surface area contributed by atoms with E-state index in [1.165, 1.54) is 30.5 Å². The van der Waals surface area contributed by atoms with E-state index in [9.17, 15) is 31.5 Å². The van der Waals surface area contributed by atoms with Gasteiger partial charge in [-0.1, -0.05) is 30.3 Å². The fourth-order valence-electron chi connectivity index (χ4n) is 3.51. The third kappa shape index (κ3) is 3.92. The van der Waals surface area contributed by atoms with Gasteiger partial charge in [-0.15, -0.1) is 0 Å². The Balaban J connectivity index is 1.70. The SMILES string of the molecule is O=C1c2c(NS(=O)(=O)c3ccccc3C(F)(F)F)cccc2C(O)N1Cc1cccnc1. The highest BCUT2D eigenvalue weighted by Crippen LogP contribution is 2.39. The van der Waals surface area contributed by atoms with Crippen LogP contribution < -0.4 is 4.72 Å². The molecule has 11 heteroatoms. The number of sulfonamides is 1. The van der Waals surface area contributed by atoms with Gasteiger partial charge in [0.2, 0.25) is 0 Å². The number of hydrogen-bond acceptors (Lipinski definition) is 5. The molecule has 0 radical (unpaired) electrons. The van der Waals surface area contributed by atoms with Crippen LogP contribution in [0.3, 0.4) is 0 Å². The number of aromatic nitrogens is 1. The minimum atomic E-state index is -4.89. The minimum absolute atomic E-state index is 0.00557. The molecular formula is C21H16F3N3O4S. The van der Waals surface area contributed by atoms with Crippen LogP contribution in [0.1, 0.15) is 33.3 Å². The summed E-state index contributed by atoms with van der Waals surface area (Å²) in [5.74, 6) is -0.668. The number of rotatable bonds is 5. The van der Waals surface area contributed by atoms with Crippen molar-refractivity contribution in [1.82, 2.24) is 9.88 Å². The first-order valence-corrected chi connectivity index (χ1v) is 10.8. The summed E-state index contributed by atoms with van der Waals surface area (Å²) in [7, 11) is -4.70. The number of hydrogen-bond donors (Lipinski definition) is 2. The van der Waals surface area contributed by atoms with Gasteiger partial charge in [-0.3, -0.25) is 14.5 Å². The van der Waals surface area contributed by atoms with Gasteiger partial charge in [0.15, 0.2) is 6.23 Å². The Morgan fingerprint density at radius 3 is 2.50 bits per heavy atom. The van der Waals surface area contributed by atoms with Crippen molar-refractivity contribution in [2.45, 2.75) is 23.8 Å². The summed E-state index contributed by atoms with van der Waals surface area (Å²) in [5.41, 5.74) is -0.907. The van der Waals surface area contributed by atoms with E-state index in [1.54, 1.807) is 18.3 Å². The minimum Gasteiger partial charge on any atom is -0.369 e. The second-order valence-corrected chi connectivity index (χ2v) is 8.69. The number of carbonyl (C=O) groups is 1. The molecule has 7 nitrogen and oxygen atoms in total. The Morgan fingerprint density at radius 1 is 1.06 bits per heavy atom. The van der Waals surface area contributed by atoms with Crippen LogP contribution >= 0.6 is 0 Å². The lowest BCUT2D eigenvalue weighted by Crippen LogP contribution is -2.27. The van der Waals surface area contributed by atoms with Gasteiger partial charge in [-0.2, -0.15) is 13.2 Å². The highest BCUT2D eigenvalue weighted by atomic mass is 32.2. The molecule has 3 aromatic rings. The van der Waals surface area contributed by atoms with Crippen molar-refractivity contribution < 1.29 is 31.5 Å². The average molecular weight is 463 g/mol. The zero-order valence-electron chi connectivity index (χ0n) is 16.2. The molecule has 2 N–H and O–H groups in total. The van der Waals surface area contributed by atoms with Crippen molar-refractivity contribution in [2.24, 2.45) is 0 Å². The van der Waals surface area contributed by atoms with E-state index in [4.69, 9.17) is 0 Å². The van der Waals surface area contributed by atoms with Crippen molar-refractivity contribution in [2.75, 3.05) is 4.72 Å². The molecule has 0 fully saturated rings. The van der Waals surface area contributed by atoms with Crippen molar-refractivity contribution in [1.29, 1.82) is 0 Å². The number of carbonyl (C=O) groups excluding carboxylic acids is 1. The molecule has 1 unspecified atom stereocenters. The summed E-state index contributed by atoms with van der Waals surface area (Å²) in [6.07, 6.45) is -3.19. The van der Waals surface area contributed by atoms with Gasteiger partial charge in [0.25, 0.3) is 15.9 Å². The lowest BCUT2D eigenvalue weighted by Gasteiger charge is -2.20. The van der Waals surface area contributed by atoms with Crippen LogP contribution in [0.2, 0.25) is 0 Å². The molecular weight excluding hydrogens is 447 g/mol. The number of nitrogens with zero attached hydrogens (tertiary/aromatic N) is 2. The first-order valence-electron chi connectivity index (χ1n) is 9.29. The summed E-state index contributed by atoms with van der Waals surface area (Å²) < 4.78 is 67.7. The molecule has 0 bridgehead atoms. The number of amides is 1. The maximum Gasteiger partial charge on any atom is 0.417 e. The fraction of sp³-hybridized carbons (Fsp3) is 0.143. The highest BCUT2D eigenvalue weighted by Gasteiger charge is 2.40. The fourth-order valence-corrected chi connectivity index (χ4v) is 4.81. The summed E-state index contributed by atoms with van der Waals surface area (Å²) in [6.45, 7) is 0.00557. The molecule has 4 rings (SSSR count). The lowest BCUT2D eigenvalue weighted by molar-refractivity contribution is -0.139. The molecule has 166 valence electrons. The number of anilines is 1. The first kappa shape index (κ1) is 21.8. The van der Waals surface area contributed by atoms with Crippen LogP contribution in [-0.2, 0) is 22.7 Å². The molecule has 1 aliphatic heterocycles. The van der Waals surface area contributed by atoms with Gasteiger partial charge in [0.05, 0.1) is 28.3 Å². The highest BCUT2D eigenvalue weighted by molar-refractivity contribution is 7.92. The number of halogens is 3. The van der Waals surface area contributed by atoms with Crippen LogP contribution in [0.4, 0.5) is 18.9 Å². The number of nitrogens with one attached hydrogen (secondary N) is 1. The van der Waals surface area contributed by atoms with Crippen LogP contribution in [0.25, 0.3) is 0 Å². The number of pyridine rings is 1. The van der Waals surface area contributed by atoms with E-state index in [1.807, 2.05) is 0 Å². The summed E-state index contributed by atoms with van der Waals surface area (Å²) in [4.78, 5) is 17.1. The van der Waals surface area contributed by atoms with Gasteiger partial charge < -0.3 is 10.0 Å². The molecule has 1 amide bonds. The van der Waals surface area contributed by atoms with E-state index in [-0.39, 0.29) is 23.4 Å². The maximum atomic E-state index is 13.3. The van der Waals surface area contributed by atoms with Crippen LogP contribution in [-0.4, -0.2) is 29.3 Å². The number of benzene rings is 2. The lowest BCUT2D eigenvalue weighted by atomic mass is 10.1. The van der Waals surface area contributed by atoms with E-state index < -0.39 is 38.8 Å². The third-order valence-electron chi connectivity index (χ3n) is 4.95. The topological polar surface area (TPSA) is 99.6 Å². The number of alkyl halides is 3. The van der Waals surface area contributed by atoms with Crippen LogP contribution in [0.5, 0.6) is 0 Å². The van der Waals surface area contributed by atoms with Gasteiger partial charge in [0.1, 0.15) is 0 Å². The molecule has 2 heterocycles. The van der Waals surface area contributed by atoms with Gasteiger partial charge in [0, 0.05) is 18.0 Å². The van der Waals surface area contributed by atoms with Crippen LogP contribution in [0.15, 0.2) is 71.9 Å². The first-order chi connectivity index (χ1) is 15.1. The Morgan fingerprint density at radius 2 is 1.81 bits per heavy atom. The Labute approximate surface area is 181 Å². The maximum absolute atomic E-state index is 13.3. The summed E-state index contributed by atoms with van der Waals surface area (Å²) in [5, 5.41) is 10.6. The van der Waals surface area contributed by atoms with E-state index in [0.717, 1.165) is 17.0 Å². The second kappa shape index (κ2) is 7.92. The summed E-state index contributed by atoms with van der Waals surface area (Å²) in [6, 6.07) is 11.2. The zero-order valence-corrected chi connectivity index (χ0v) is 17.1. The third-order valence-corrected chi connectivity index (χ3v) is 6.37. The normalized spacial score (nSPS) is 16.2. The quantitative estimate of drug-likeness (QED) is 0.603. The van der Waals surface area contributed by atoms with Crippen molar-refractivity contribution in [3.05, 3.63) is 89.2 Å². The monoisotopic (exact) mass is 463 g/mol. The van der Waals surface area contributed by atoms with Crippen molar-refractivity contribution >= 4 is 21.6 Å². The zero-order chi connectivity index (χ0) is 23.1.